The lowest BCUT2D eigenvalue weighted by atomic mass is 9.84. The van der Waals surface area contributed by atoms with Gasteiger partial charge in [0, 0.05) is 10.1 Å². The summed E-state index contributed by atoms with van der Waals surface area (Å²) in [5, 5.41) is 10.4. The Morgan fingerprint density at radius 1 is 1.37 bits per heavy atom. The average molecular weight is 282 g/mol. The first-order valence-electron chi connectivity index (χ1n) is 6.41. The summed E-state index contributed by atoms with van der Waals surface area (Å²) in [4.78, 5) is 12.8. The minimum absolute atomic E-state index is 0.0449. The average Bonchev–Trinajstić information content (AvgIpc) is 2.44. The predicted molar refractivity (Wildman–Crippen MR) is 78.2 cm³/mol. The Bertz CT molecular complexity index is 403. The van der Waals surface area contributed by atoms with Gasteiger partial charge in [-0.25, -0.2) is 0 Å². The highest BCUT2D eigenvalue weighted by molar-refractivity contribution is 8.00. The molecular weight excluding hydrogens is 260 g/mol. The summed E-state index contributed by atoms with van der Waals surface area (Å²) >= 11 is 1.59. The summed E-state index contributed by atoms with van der Waals surface area (Å²) < 4.78 is 4.77. The van der Waals surface area contributed by atoms with E-state index in [9.17, 15) is 9.90 Å². The molecule has 0 aliphatic carbocycles. The molecule has 1 aromatic rings. The second-order valence-electron chi connectivity index (χ2n) is 5.04. The van der Waals surface area contributed by atoms with Gasteiger partial charge in [-0.2, -0.15) is 0 Å². The molecule has 0 heterocycles. The molecule has 0 radical (unpaired) electrons. The molecule has 0 unspecified atom stereocenters. The zero-order valence-electron chi connectivity index (χ0n) is 11.9. The number of benzene rings is 1. The van der Waals surface area contributed by atoms with E-state index in [1.165, 1.54) is 7.11 Å². The molecule has 3 nitrogen and oxygen atoms in total. The Balaban J connectivity index is 2.82. The molecule has 0 amide bonds. The molecule has 2 atom stereocenters. The van der Waals surface area contributed by atoms with Crippen LogP contribution < -0.4 is 0 Å². The normalized spacial score (nSPS) is 14.8. The second kappa shape index (κ2) is 6.96. The molecule has 0 aliphatic heterocycles. The lowest BCUT2D eigenvalue weighted by molar-refractivity contribution is -0.157. The van der Waals surface area contributed by atoms with Gasteiger partial charge in [0.25, 0.3) is 0 Å². The zero-order chi connectivity index (χ0) is 14.5. The van der Waals surface area contributed by atoms with Crippen LogP contribution in [-0.4, -0.2) is 29.5 Å². The molecule has 0 spiro atoms. The van der Waals surface area contributed by atoms with Gasteiger partial charge in [-0.3, -0.25) is 4.79 Å². The maximum absolute atomic E-state index is 11.8. The summed E-state index contributed by atoms with van der Waals surface area (Å²) in [7, 11) is 1.35. The molecule has 0 saturated carbocycles. The fourth-order valence-electron chi connectivity index (χ4n) is 1.89. The van der Waals surface area contributed by atoms with Crippen LogP contribution in [0.3, 0.4) is 0 Å². The monoisotopic (exact) mass is 282 g/mol. The number of thioether (sulfide) groups is 1. The lowest BCUT2D eigenvalue weighted by Gasteiger charge is -2.32. The van der Waals surface area contributed by atoms with Crippen LogP contribution in [0.25, 0.3) is 0 Å². The summed E-state index contributed by atoms with van der Waals surface area (Å²) in [6, 6.07) is 9.90. The van der Waals surface area contributed by atoms with Gasteiger partial charge < -0.3 is 9.84 Å². The van der Waals surface area contributed by atoms with Crippen LogP contribution in [0.5, 0.6) is 0 Å². The largest absolute Gasteiger partial charge is 0.469 e. The Labute approximate surface area is 119 Å². The topological polar surface area (TPSA) is 46.5 Å². The number of methoxy groups -OCH3 is 1. The molecule has 4 heteroatoms. The summed E-state index contributed by atoms with van der Waals surface area (Å²) in [5.74, 6) is -0.382. The van der Waals surface area contributed by atoms with Crippen LogP contribution in [0.15, 0.2) is 35.2 Å². The van der Waals surface area contributed by atoms with Crippen molar-refractivity contribution in [1.29, 1.82) is 0 Å². The van der Waals surface area contributed by atoms with Crippen molar-refractivity contribution >= 4 is 17.7 Å². The van der Waals surface area contributed by atoms with Crippen molar-refractivity contribution in [2.45, 2.75) is 43.4 Å². The third kappa shape index (κ3) is 3.98. The molecule has 0 bridgehead atoms. The molecule has 0 aromatic heterocycles. The van der Waals surface area contributed by atoms with E-state index < -0.39 is 11.5 Å². The first kappa shape index (κ1) is 16.1. The SMILES string of the molecule is CC[C@@H](Sc1ccccc1)[C@@H](O)C(C)(C)C(=O)OC. The van der Waals surface area contributed by atoms with Crippen LogP contribution >= 0.6 is 11.8 Å². The molecule has 106 valence electrons. The minimum atomic E-state index is -0.906. The highest BCUT2D eigenvalue weighted by Gasteiger charge is 2.41. The van der Waals surface area contributed by atoms with Crippen molar-refractivity contribution in [1.82, 2.24) is 0 Å². The smallest absolute Gasteiger partial charge is 0.313 e. The van der Waals surface area contributed by atoms with Crippen molar-refractivity contribution in [3.05, 3.63) is 30.3 Å². The Morgan fingerprint density at radius 3 is 2.42 bits per heavy atom. The van der Waals surface area contributed by atoms with Gasteiger partial charge in [0.1, 0.15) is 0 Å². The van der Waals surface area contributed by atoms with E-state index in [-0.39, 0.29) is 11.2 Å². The Kier molecular flexibility index (Phi) is 5.88. The van der Waals surface area contributed by atoms with E-state index in [4.69, 9.17) is 4.74 Å². The number of carbonyl (C=O) groups excluding carboxylic acids is 1. The Hall–Kier alpha value is -1.00. The second-order valence-corrected chi connectivity index (χ2v) is 6.35. The van der Waals surface area contributed by atoms with Gasteiger partial charge in [0.15, 0.2) is 0 Å². The van der Waals surface area contributed by atoms with Crippen molar-refractivity contribution in [3.63, 3.8) is 0 Å². The van der Waals surface area contributed by atoms with Crippen LogP contribution in [0.2, 0.25) is 0 Å². The van der Waals surface area contributed by atoms with Crippen LogP contribution in [-0.2, 0) is 9.53 Å². The molecule has 1 aromatic carbocycles. The minimum Gasteiger partial charge on any atom is -0.469 e. The third-order valence-corrected chi connectivity index (χ3v) is 4.67. The van der Waals surface area contributed by atoms with E-state index in [2.05, 4.69) is 0 Å². The van der Waals surface area contributed by atoms with Gasteiger partial charge in [-0.05, 0) is 32.4 Å². The first-order valence-corrected chi connectivity index (χ1v) is 7.29. The molecule has 0 saturated heterocycles. The fraction of sp³-hybridized carbons (Fsp3) is 0.533. The number of aliphatic hydroxyl groups is 1. The number of rotatable bonds is 6. The molecule has 1 N–H and O–H groups in total. The maximum atomic E-state index is 11.8. The van der Waals surface area contributed by atoms with Crippen molar-refractivity contribution in [2.75, 3.05) is 7.11 Å². The molecule has 0 aliphatic rings. The van der Waals surface area contributed by atoms with E-state index in [0.717, 1.165) is 11.3 Å². The number of esters is 1. The molecule has 19 heavy (non-hydrogen) atoms. The van der Waals surface area contributed by atoms with E-state index in [1.807, 2.05) is 37.3 Å². The van der Waals surface area contributed by atoms with E-state index >= 15 is 0 Å². The van der Waals surface area contributed by atoms with Crippen LogP contribution in [0, 0.1) is 5.41 Å². The van der Waals surface area contributed by atoms with Crippen molar-refractivity contribution in [2.24, 2.45) is 5.41 Å². The van der Waals surface area contributed by atoms with E-state index in [0.29, 0.717) is 0 Å². The standard InChI is InChI=1S/C15H22O3S/c1-5-12(19-11-9-7-6-8-10-11)13(16)15(2,3)14(17)18-4/h6-10,12-13,16H,5H2,1-4H3/t12-,13-/m1/s1. The van der Waals surface area contributed by atoms with E-state index in [1.54, 1.807) is 25.6 Å². The van der Waals surface area contributed by atoms with Gasteiger partial charge in [0.05, 0.1) is 18.6 Å². The zero-order valence-corrected chi connectivity index (χ0v) is 12.7. The number of hydrogen-bond donors (Lipinski definition) is 1. The summed E-state index contributed by atoms with van der Waals surface area (Å²) in [5.41, 5.74) is -0.906. The van der Waals surface area contributed by atoms with Gasteiger partial charge >= 0.3 is 5.97 Å². The molecular formula is C15H22O3S. The van der Waals surface area contributed by atoms with Crippen LogP contribution in [0.4, 0.5) is 0 Å². The van der Waals surface area contributed by atoms with Gasteiger partial charge in [-0.1, -0.05) is 25.1 Å². The highest BCUT2D eigenvalue weighted by Crippen LogP contribution is 2.35. The highest BCUT2D eigenvalue weighted by atomic mass is 32.2. The maximum Gasteiger partial charge on any atom is 0.313 e. The lowest BCUT2D eigenvalue weighted by Crippen LogP contribution is -2.43. The van der Waals surface area contributed by atoms with Crippen molar-refractivity contribution < 1.29 is 14.6 Å². The van der Waals surface area contributed by atoms with Crippen molar-refractivity contribution in [3.8, 4) is 0 Å². The number of ether oxygens (including phenoxy) is 1. The number of carbonyl (C=O) groups is 1. The van der Waals surface area contributed by atoms with Crippen LogP contribution in [0.1, 0.15) is 27.2 Å². The van der Waals surface area contributed by atoms with Gasteiger partial charge in [-0.15, -0.1) is 11.8 Å². The molecule has 0 fully saturated rings. The number of hydrogen-bond acceptors (Lipinski definition) is 4. The fourth-order valence-corrected chi connectivity index (χ4v) is 3.19. The predicted octanol–water partition coefficient (Wildman–Crippen LogP) is 3.12. The summed E-state index contributed by atoms with van der Waals surface area (Å²) in [6.45, 7) is 5.45. The quantitative estimate of drug-likeness (QED) is 0.643. The number of aliphatic hydroxyl groups excluding tert-OH is 1. The third-order valence-electron chi connectivity index (χ3n) is 3.24. The van der Waals surface area contributed by atoms with Gasteiger partial charge in [0.2, 0.25) is 0 Å². The summed E-state index contributed by atoms with van der Waals surface area (Å²) in [6.07, 6.45) is 0.0244. The Morgan fingerprint density at radius 2 is 1.95 bits per heavy atom. The first-order chi connectivity index (χ1) is 8.93. The molecule has 1 rings (SSSR count).